The highest BCUT2D eigenvalue weighted by molar-refractivity contribution is 4.97. The Morgan fingerprint density at radius 1 is 1.28 bits per heavy atom. The third kappa shape index (κ3) is 3.48. The summed E-state index contributed by atoms with van der Waals surface area (Å²) in [5, 5.41) is 9.86. The van der Waals surface area contributed by atoms with Crippen molar-refractivity contribution in [1.82, 2.24) is 0 Å². The Labute approximate surface area is 113 Å². The zero-order valence-corrected chi connectivity index (χ0v) is 13.1. The fraction of sp³-hybridized carbons (Fsp3) is 1.00. The summed E-state index contributed by atoms with van der Waals surface area (Å²) in [5.41, 5.74) is 0.398. The molecule has 0 aromatic carbocycles. The van der Waals surface area contributed by atoms with E-state index in [1.807, 2.05) is 0 Å². The highest BCUT2D eigenvalue weighted by Crippen LogP contribution is 2.50. The molecule has 0 aromatic rings. The smallest absolute Gasteiger partial charge is 0.0773 e. The van der Waals surface area contributed by atoms with E-state index in [9.17, 15) is 5.11 Å². The molecule has 3 atom stereocenters. The molecular weight excluding hydrogens is 224 g/mol. The summed E-state index contributed by atoms with van der Waals surface area (Å²) >= 11 is 0. The standard InChI is InChI=1S/C16H32O2/c1-7-8-13(17)11-18-14-15(3,4)10-9-12(2)16(14,5)6/h12-14,17H,7-11H2,1-6H3/t12-,13+,14?/m1/s1. The van der Waals surface area contributed by atoms with Crippen molar-refractivity contribution in [3.05, 3.63) is 0 Å². The van der Waals surface area contributed by atoms with Crippen LogP contribution in [0.25, 0.3) is 0 Å². The lowest BCUT2D eigenvalue weighted by atomic mass is 9.58. The Morgan fingerprint density at radius 3 is 2.44 bits per heavy atom. The van der Waals surface area contributed by atoms with Crippen LogP contribution in [-0.4, -0.2) is 23.9 Å². The second-order valence-corrected chi connectivity index (χ2v) is 7.41. The van der Waals surface area contributed by atoms with Crippen molar-refractivity contribution in [1.29, 1.82) is 0 Å². The average Bonchev–Trinajstić information content (AvgIpc) is 2.24. The molecule has 108 valence electrons. The van der Waals surface area contributed by atoms with Gasteiger partial charge in [-0.1, -0.05) is 48.0 Å². The van der Waals surface area contributed by atoms with Gasteiger partial charge in [-0.25, -0.2) is 0 Å². The molecular formula is C16H32O2. The van der Waals surface area contributed by atoms with Gasteiger partial charge in [0.25, 0.3) is 0 Å². The molecule has 0 heterocycles. The maximum Gasteiger partial charge on any atom is 0.0773 e. The van der Waals surface area contributed by atoms with Crippen LogP contribution in [0.5, 0.6) is 0 Å². The molecule has 2 heteroatoms. The first kappa shape index (κ1) is 16.0. The highest BCUT2D eigenvalue weighted by atomic mass is 16.5. The Hall–Kier alpha value is -0.0800. The molecule has 0 aromatic heterocycles. The van der Waals surface area contributed by atoms with E-state index in [1.165, 1.54) is 12.8 Å². The van der Waals surface area contributed by atoms with Gasteiger partial charge >= 0.3 is 0 Å². The van der Waals surface area contributed by atoms with E-state index in [0.717, 1.165) is 12.8 Å². The summed E-state index contributed by atoms with van der Waals surface area (Å²) in [4.78, 5) is 0. The normalized spacial score (nSPS) is 32.2. The van der Waals surface area contributed by atoms with Gasteiger partial charge in [-0.2, -0.15) is 0 Å². The van der Waals surface area contributed by atoms with E-state index >= 15 is 0 Å². The van der Waals surface area contributed by atoms with Crippen LogP contribution in [-0.2, 0) is 4.74 Å². The maximum atomic E-state index is 9.86. The van der Waals surface area contributed by atoms with E-state index in [4.69, 9.17) is 4.74 Å². The van der Waals surface area contributed by atoms with E-state index in [-0.39, 0.29) is 23.0 Å². The van der Waals surface area contributed by atoms with Gasteiger partial charge in [0.15, 0.2) is 0 Å². The Bertz CT molecular complexity index is 258. The number of rotatable bonds is 5. The van der Waals surface area contributed by atoms with Crippen molar-refractivity contribution in [2.24, 2.45) is 16.7 Å². The first-order chi connectivity index (χ1) is 8.21. The van der Waals surface area contributed by atoms with Gasteiger partial charge in [0, 0.05) is 0 Å². The van der Waals surface area contributed by atoms with Crippen LogP contribution >= 0.6 is 0 Å². The molecule has 1 saturated carbocycles. The number of hydrogen-bond acceptors (Lipinski definition) is 2. The summed E-state index contributed by atoms with van der Waals surface area (Å²) in [6.07, 6.45) is 4.27. The molecule has 1 rings (SSSR count). The van der Waals surface area contributed by atoms with E-state index < -0.39 is 0 Å². The highest BCUT2D eigenvalue weighted by Gasteiger charge is 2.48. The average molecular weight is 256 g/mol. The summed E-state index contributed by atoms with van der Waals surface area (Å²) in [6, 6.07) is 0. The lowest BCUT2D eigenvalue weighted by Gasteiger charge is -2.52. The summed E-state index contributed by atoms with van der Waals surface area (Å²) in [7, 11) is 0. The van der Waals surface area contributed by atoms with Gasteiger partial charge in [-0.15, -0.1) is 0 Å². The number of aliphatic hydroxyl groups excluding tert-OH is 1. The molecule has 1 aliphatic rings. The topological polar surface area (TPSA) is 29.5 Å². The van der Waals surface area contributed by atoms with E-state index in [1.54, 1.807) is 0 Å². The van der Waals surface area contributed by atoms with Crippen LogP contribution in [0.15, 0.2) is 0 Å². The van der Waals surface area contributed by atoms with Crippen molar-refractivity contribution < 1.29 is 9.84 Å². The van der Waals surface area contributed by atoms with Crippen LogP contribution in [0.2, 0.25) is 0 Å². The summed E-state index contributed by atoms with van der Waals surface area (Å²) in [5.74, 6) is 0.679. The molecule has 1 aliphatic carbocycles. The third-order valence-corrected chi connectivity index (χ3v) is 4.95. The van der Waals surface area contributed by atoms with Crippen LogP contribution in [0.1, 0.15) is 67.2 Å². The molecule has 0 amide bonds. The quantitative estimate of drug-likeness (QED) is 0.805. The minimum absolute atomic E-state index is 0.188. The predicted octanol–water partition coefficient (Wildman–Crippen LogP) is 4.01. The molecule has 0 saturated heterocycles. The van der Waals surface area contributed by atoms with Gasteiger partial charge in [0.1, 0.15) is 0 Å². The molecule has 0 spiro atoms. The minimum Gasteiger partial charge on any atom is -0.391 e. The van der Waals surface area contributed by atoms with Crippen LogP contribution in [0.3, 0.4) is 0 Å². The van der Waals surface area contributed by atoms with Crippen LogP contribution < -0.4 is 0 Å². The molecule has 2 nitrogen and oxygen atoms in total. The molecule has 0 bridgehead atoms. The molecule has 1 N–H and O–H groups in total. The molecule has 1 fully saturated rings. The number of hydrogen-bond donors (Lipinski definition) is 1. The second-order valence-electron chi connectivity index (χ2n) is 7.41. The maximum absolute atomic E-state index is 9.86. The van der Waals surface area contributed by atoms with Gasteiger partial charge < -0.3 is 9.84 Å². The first-order valence-electron chi connectivity index (χ1n) is 7.51. The molecule has 18 heavy (non-hydrogen) atoms. The zero-order valence-electron chi connectivity index (χ0n) is 13.1. The van der Waals surface area contributed by atoms with Gasteiger partial charge in [-0.05, 0) is 36.0 Å². The fourth-order valence-electron chi connectivity index (χ4n) is 3.42. The third-order valence-electron chi connectivity index (χ3n) is 4.95. The largest absolute Gasteiger partial charge is 0.391 e. The Balaban J connectivity index is 2.68. The van der Waals surface area contributed by atoms with E-state index in [2.05, 4.69) is 41.5 Å². The van der Waals surface area contributed by atoms with Gasteiger partial charge in [0.2, 0.25) is 0 Å². The SMILES string of the molecule is CCC[C@H](O)COC1C(C)(C)CC[C@@H](C)C1(C)C. The monoisotopic (exact) mass is 256 g/mol. The van der Waals surface area contributed by atoms with Gasteiger partial charge in [-0.3, -0.25) is 0 Å². The van der Waals surface area contributed by atoms with Crippen LogP contribution in [0, 0.1) is 16.7 Å². The Morgan fingerprint density at radius 2 is 1.89 bits per heavy atom. The zero-order chi connectivity index (χ0) is 14.0. The minimum atomic E-state index is -0.307. The van der Waals surface area contributed by atoms with Crippen LogP contribution in [0.4, 0.5) is 0 Å². The van der Waals surface area contributed by atoms with Crippen molar-refractivity contribution in [2.75, 3.05) is 6.61 Å². The lowest BCUT2D eigenvalue weighted by Crippen LogP contribution is -2.51. The summed E-state index contributed by atoms with van der Waals surface area (Å²) < 4.78 is 6.15. The van der Waals surface area contributed by atoms with Crippen molar-refractivity contribution in [3.8, 4) is 0 Å². The molecule has 0 aliphatic heterocycles. The summed E-state index contributed by atoms with van der Waals surface area (Å²) in [6.45, 7) is 14.1. The molecule has 1 unspecified atom stereocenters. The number of ether oxygens (including phenoxy) is 1. The van der Waals surface area contributed by atoms with E-state index in [0.29, 0.717) is 12.5 Å². The Kier molecular flexibility index (Phi) is 5.25. The van der Waals surface area contributed by atoms with Crippen molar-refractivity contribution in [2.45, 2.75) is 79.4 Å². The fourth-order valence-corrected chi connectivity index (χ4v) is 3.42. The second kappa shape index (κ2) is 5.92. The first-order valence-corrected chi connectivity index (χ1v) is 7.51. The van der Waals surface area contributed by atoms with Gasteiger partial charge in [0.05, 0.1) is 18.8 Å². The van der Waals surface area contributed by atoms with Crippen molar-refractivity contribution in [3.63, 3.8) is 0 Å². The predicted molar refractivity (Wildman–Crippen MR) is 76.6 cm³/mol. The van der Waals surface area contributed by atoms with Crippen molar-refractivity contribution >= 4 is 0 Å². The molecule has 0 radical (unpaired) electrons. The number of aliphatic hydroxyl groups is 1. The lowest BCUT2D eigenvalue weighted by molar-refractivity contribution is -0.156.